The summed E-state index contributed by atoms with van der Waals surface area (Å²) < 4.78 is 4.43. The van der Waals surface area contributed by atoms with Crippen LogP contribution in [0, 0.1) is 0 Å². The fourth-order valence-electron chi connectivity index (χ4n) is 1.78. The monoisotopic (exact) mass is 342 g/mol. The summed E-state index contributed by atoms with van der Waals surface area (Å²) in [7, 11) is 1.21. The predicted octanol–water partition coefficient (Wildman–Crippen LogP) is 1.40. The summed E-state index contributed by atoms with van der Waals surface area (Å²) in [5.74, 6) is 0.264. The molecule has 0 saturated carbocycles. The summed E-state index contributed by atoms with van der Waals surface area (Å²) in [5, 5.41) is 7.84. The largest absolute Gasteiger partial charge is 0.453 e. The number of hydrogen-bond donors (Lipinski definition) is 5. The molecule has 0 unspecified atom stereocenters. The van der Waals surface area contributed by atoms with Crippen molar-refractivity contribution in [3.8, 4) is 0 Å². The van der Waals surface area contributed by atoms with Crippen molar-refractivity contribution >= 4 is 40.9 Å². The van der Waals surface area contributed by atoms with E-state index < -0.39 is 11.7 Å². The number of nitrogens with one attached hydrogen (secondary N) is 4. The first-order valence-electron chi connectivity index (χ1n) is 7.27. The van der Waals surface area contributed by atoms with Crippen LogP contribution in [0.25, 0.3) is 0 Å². The fourth-order valence-corrected chi connectivity index (χ4v) is 1.97. The lowest BCUT2D eigenvalue weighted by Crippen LogP contribution is -2.36. The van der Waals surface area contributed by atoms with Crippen LogP contribution in [-0.4, -0.2) is 34.8 Å². The highest BCUT2D eigenvalue weighted by molar-refractivity contribution is 7.80. The number of anilines is 3. The Hall–Kier alpha value is -2.36. The number of unbranched alkanes of at least 4 members (excludes halogenated alkanes) is 3. The van der Waals surface area contributed by atoms with E-state index in [-0.39, 0.29) is 22.6 Å². The van der Waals surface area contributed by atoms with Gasteiger partial charge in [-0.25, -0.2) is 4.79 Å². The zero-order chi connectivity index (χ0) is 17.2. The molecule has 10 heteroatoms. The summed E-state index contributed by atoms with van der Waals surface area (Å²) in [6, 6.07) is 0. The van der Waals surface area contributed by atoms with Gasteiger partial charge in [0.25, 0.3) is 5.56 Å². The quantitative estimate of drug-likeness (QED) is 0.371. The molecule has 0 atom stereocenters. The van der Waals surface area contributed by atoms with Gasteiger partial charge in [-0.1, -0.05) is 26.2 Å². The molecule has 9 nitrogen and oxygen atoms in total. The first kappa shape index (κ1) is 18.7. The number of carbonyl (C=O) groups is 1. The molecule has 0 saturated heterocycles. The standard InChI is InChI=1S/C13H22N6O3S/c1-3-4-5-6-7-15-9-8(10(20)18-11(14)17-9)16-12(23)19-13(21)22-2/h3-7H2,1-2H3,(H2,16,19,21,23)(H4,14,15,17,18,20). The van der Waals surface area contributed by atoms with Gasteiger partial charge in [0, 0.05) is 6.54 Å². The molecule has 1 aromatic rings. The number of H-pyrrole nitrogens is 1. The Morgan fingerprint density at radius 2 is 2.13 bits per heavy atom. The Kier molecular flexibility index (Phi) is 7.81. The summed E-state index contributed by atoms with van der Waals surface area (Å²) in [6.07, 6.45) is 3.55. The van der Waals surface area contributed by atoms with Crippen molar-refractivity contribution in [3.63, 3.8) is 0 Å². The van der Waals surface area contributed by atoms with Crippen LogP contribution in [0.5, 0.6) is 0 Å². The number of nitrogen functional groups attached to an aromatic ring is 1. The predicted molar refractivity (Wildman–Crippen MR) is 93.7 cm³/mol. The average molecular weight is 342 g/mol. The van der Waals surface area contributed by atoms with Crippen LogP contribution in [0.2, 0.25) is 0 Å². The Balaban J connectivity index is 2.78. The van der Waals surface area contributed by atoms with Crippen LogP contribution >= 0.6 is 12.2 Å². The number of nitrogens with two attached hydrogens (primary N) is 1. The van der Waals surface area contributed by atoms with Crippen LogP contribution in [-0.2, 0) is 4.74 Å². The van der Waals surface area contributed by atoms with Gasteiger partial charge in [-0.15, -0.1) is 0 Å². The number of alkyl carbamates (subject to hydrolysis) is 1. The van der Waals surface area contributed by atoms with E-state index in [0.29, 0.717) is 6.54 Å². The molecule has 0 aromatic carbocycles. The third kappa shape index (κ3) is 6.51. The number of amides is 1. The lowest BCUT2D eigenvalue weighted by molar-refractivity contribution is 0.177. The van der Waals surface area contributed by atoms with Crippen molar-refractivity contribution < 1.29 is 9.53 Å². The SMILES string of the molecule is CCCCCCNc1nc(N)[nH]c(=O)c1NC(=S)NC(=O)OC. The molecule has 1 heterocycles. The van der Waals surface area contributed by atoms with E-state index in [4.69, 9.17) is 18.0 Å². The maximum Gasteiger partial charge on any atom is 0.413 e. The second kappa shape index (κ2) is 9.62. The maximum absolute atomic E-state index is 12.0. The number of rotatable bonds is 7. The molecule has 0 radical (unpaired) electrons. The molecule has 0 spiro atoms. The van der Waals surface area contributed by atoms with E-state index in [0.717, 1.165) is 25.7 Å². The van der Waals surface area contributed by atoms with E-state index in [1.54, 1.807) is 0 Å². The molecule has 6 N–H and O–H groups in total. The first-order chi connectivity index (χ1) is 11.0. The van der Waals surface area contributed by atoms with Gasteiger partial charge < -0.3 is 21.1 Å². The smallest absolute Gasteiger partial charge is 0.413 e. The molecular formula is C13H22N6O3S. The number of ether oxygens (including phenoxy) is 1. The number of nitrogens with zero attached hydrogens (tertiary/aromatic N) is 1. The second-order valence-electron chi connectivity index (χ2n) is 4.73. The van der Waals surface area contributed by atoms with E-state index in [9.17, 15) is 9.59 Å². The molecular weight excluding hydrogens is 320 g/mol. The van der Waals surface area contributed by atoms with Crippen molar-refractivity contribution in [2.75, 3.05) is 30.0 Å². The molecule has 128 valence electrons. The highest BCUT2D eigenvalue weighted by Gasteiger charge is 2.13. The fraction of sp³-hybridized carbons (Fsp3) is 0.538. The van der Waals surface area contributed by atoms with Crippen molar-refractivity contribution in [2.24, 2.45) is 0 Å². The molecule has 0 aliphatic heterocycles. The topological polar surface area (TPSA) is 134 Å². The van der Waals surface area contributed by atoms with Gasteiger partial charge in [0.15, 0.2) is 10.9 Å². The van der Waals surface area contributed by atoms with E-state index in [1.165, 1.54) is 7.11 Å². The van der Waals surface area contributed by atoms with Crippen LogP contribution in [0.1, 0.15) is 32.6 Å². The highest BCUT2D eigenvalue weighted by Crippen LogP contribution is 2.14. The Morgan fingerprint density at radius 1 is 1.39 bits per heavy atom. The van der Waals surface area contributed by atoms with Gasteiger partial charge >= 0.3 is 6.09 Å². The van der Waals surface area contributed by atoms with Crippen LogP contribution in [0.3, 0.4) is 0 Å². The van der Waals surface area contributed by atoms with Crippen molar-refractivity contribution in [1.82, 2.24) is 15.3 Å². The minimum Gasteiger partial charge on any atom is -0.453 e. The average Bonchev–Trinajstić information content (AvgIpc) is 2.50. The maximum atomic E-state index is 12.0. The second-order valence-corrected chi connectivity index (χ2v) is 5.14. The normalized spacial score (nSPS) is 10.0. The van der Waals surface area contributed by atoms with Crippen molar-refractivity contribution in [1.29, 1.82) is 0 Å². The zero-order valence-electron chi connectivity index (χ0n) is 13.2. The highest BCUT2D eigenvalue weighted by atomic mass is 32.1. The minimum atomic E-state index is -0.739. The molecule has 23 heavy (non-hydrogen) atoms. The number of hydrogen-bond acceptors (Lipinski definition) is 7. The van der Waals surface area contributed by atoms with E-state index in [2.05, 4.69) is 37.6 Å². The summed E-state index contributed by atoms with van der Waals surface area (Å²) in [4.78, 5) is 29.5. The van der Waals surface area contributed by atoms with Crippen molar-refractivity contribution in [2.45, 2.75) is 32.6 Å². The lowest BCUT2D eigenvalue weighted by Gasteiger charge is -2.13. The molecule has 1 rings (SSSR count). The molecule has 1 amide bonds. The van der Waals surface area contributed by atoms with E-state index in [1.807, 2.05) is 0 Å². The Labute approximate surface area is 139 Å². The van der Waals surface area contributed by atoms with Crippen molar-refractivity contribution in [3.05, 3.63) is 10.4 Å². The number of aromatic amines is 1. The van der Waals surface area contributed by atoms with Gasteiger partial charge in [-0.2, -0.15) is 4.98 Å². The Bertz CT molecular complexity index is 604. The summed E-state index contributed by atoms with van der Waals surface area (Å²) in [6.45, 7) is 2.77. The number of aromatic nitrogens is 2. The summed E-state index contributed by atoms with van der Waals surface area (Å²) >= 11 is 4.94. The Morgan fingerprint density at radius 3 is 2.78 bits per heavy atom. The van der Waals surface area contributed by atoms with E-state index >= 15 is 0 Å². The lowest BCUT2D eigenvalue weighted by atomic mass is 10.2. The van der Waals surface area contributed by atoms with Crippen LogP contribution in [0.15, 0.2) is 4.79 Å². The molecule has 0 aliphatic carbocycles. The van der Waals surface area contributed by atoms with Gasteiger partial charge in [0.2, 0.25) is 5.95 Å². The van der Waals surface area contributed by atoms with Gasteiger partial charge in [-0.3, -0.25) is 15.1 Å². The third-order valence-electron chi connectivity index (χ3n) is 2.90. The van der Waals surface area contributed by atoms with Crippen LogP contribution < -0.4 is 27.2 Å². The minimum absolute atomic E-state index is 0.0107. The molecule has 0 bridgehead atoms. The number of methoxy groups -OCH3 is 1. The first-order valence-corrected chi connectivity index (χ1v) is 7.68. The molecule has 0 aliphatic rings. The summed E-state index contributed by atoms with van der Waals surface area (Å²) in [5.41, 5.74) is 5.14. The zero-order valence-corrected chi connectivity index (χ0v) is 14.0. The third-order valence-corrected chi connectivity index (χ3v) is 3.10. The van der Waals surface area contributed by atoms with Gasteiger partial charge in [0.05, 0.1) is 7.11 Å². The van der Waals surface area contributed by atoms with Gasteiger partial charge in [-0.05, 0) is 18.6 Å². The molecule has 1 aromatic heterocycles. The number of carbonyl (C=O) groups excluding carboxylic acids is 1. The van der Waals surface area contributed by atoms with Gasteiger partial charge in [0.1, 0.15) is 5.69 Å². The number of thiocarbonyl (C=S) groups is 1. The van der Waals surface area contributed by atoms with Crippen LogP contribution in [0.4, 0.5) is 22.2 Å². The molecule has 0 fully saturated rings.